The van der Waals surface area contributed by atoms with Crippen LogP contribution >= 0.6 is 11.6 Å². The van der Waals surface area contributed by atoms with Crippen molar-refractivity contribution in [2.24, 2.45) is 7.05 Å². The number of imidazole rings is 1. The summed E-state index contributed by atoms with van der Waals surface area (Å²) in [6.45, 7) is 2.70. The number of rotatable bonds is 6. The average Bonchev–Trinajstić information content (AvgIpc) is 2.94. The molecule has 25 heavy (non-hydrogen) atoms. The highest BCUT2D eigenvalue weighted by Gasteiger charge is 2.33. The van der Waals surface area contributed by atoms with Gasteiger partial charge in [0, 0.05) is 13.6 Å². The Morgan fingerprint density at radius 2 is 2.08 bits per heavy atom. The molecule has 136 valence electrons. The smallest absolute Gasteiger partial charge is 0.263 e. The van der Waals surface area contributed by atoms with E-state index in [2.05, 4.69) is 4.98 Å². The summed E-state index contributed by atoms with van der Waals surface area (Å²) in [6.07, 6.45) is 1.64. The van der Waals surface area contributed by atoms with Crippen LogP contribution in [0.1, 0.15) is 13.3 Å². The molecule has 0 fully saturated rings. The molecule has 1 aromatic heterocycles. The van der Waals surface area contributed by atoms with Gasteiger partial charge in [-0.05, 0) is 18.6 Å². The number of benzene rings is 1. The largest absolute Gasteiger partial charge is 0.486 e. The molecule has 0 bridgehead atoms. The van der Waals surface area contributed by atoms with Gasteiger partial charge in [0.05, 0.1) is 12.9 Å². The number of nitrogens with zero attached hydrogens (tertiary/aromatic N) is 3. The predicted molar refractivity (Wildman–Crippen MR) is 93.6 cm³/mol. The molecule has 7 nitrogen and oxygen atoms in total. The summed E-state index contributed by atoms with van der Waals surface area (Å²) < 4.78 is 40.3. The van der Waals surface area contributed by atoms with E-state index in [0.717, 1.165) is 0 Å². The second kappa shape index (κ2) is 7.23. The molecule has 1 aromatic carbocycles. The zero-order valence-corrected chi connectivity index (χ0v) is 15.6. The fraction of sp³-hybridized carbons (Fsp3) is 0.438. The molecule has 1 aliphatic heterocycles. The number of ether oxygens (including phenoxy) is 2. The van der Waals surface area contributed by atoms with Crippen molar-refractivity contribution in [3.05, 3.63) is 35.7 Å². The number of para-hydroxylation sites is 2. The van der Waals surface area contributed by atoms with Crippen LogP contribution < -0.4 is 9.47 Å². The van der Waals surface area contributed by atoms with Crippen LogP contribution in [-0.2, 0) is 17.1 Å². The molecule has 2 aromatic rings. The van der Waals surface area contributed by atoms with Crippen LogP contribution in [0.3, 0.4) is 0 Å². The lowest BCUT2D eigenvalue weighted by Crippen LogP contribution is -2.44. The molecule has 3 rings (SSSR count). The molecular weight excluding hydrogens is 366 g/mol. The van der Waals surface area contributed by atoms with E-state index in [-0.39, 0.29) is 23.3 Å². The van der Waals surface area contributed by atoms with Gasteiger partial charge in [-0.25, -0.2) is 13.4 Å². The Morgan fingerprint density at radius 1 is 1.36 bits per heavy atom. The number of hydrogen-bond acceptors (Lipinski definition) is 5. The van der Waals surface area contributed by atoms with E-state index in [1.807, 2.05) is 25.1 Å². The van der Waals surface area contributed by atoms with Gasteiger partial charge in [0.2, 0.25) is 5.03 Å². The maximum Gasteiger partial charge on any atom is 0.263 e. The van der Waals surface area contributed by atoms with E-state index in [1.165, 1.54) is 15.2 Å². The maximum absolute atomic E-state index is 12.9. The molecule has 0 saturated carbocycles. The molecule has 1 aliphatic rings. The maximum atomic E-state index is 12.9. The Hall–Kier alpha value is -1.77. The zero-order chi connectivity index (χ0) is 18.0. The highest BCUT2D eigenvalue weighted by molar-refractivity contribution is 7.89. The quantitative estimate of drug-likeness (QED) is 0.762. The van der Waals surface area contributed by atoms with Crippen LogP contribution in [0.4, 0.5) is 0 Å². The van der Waals surface area contributed by atoms with Crippen molar-refractivity contribution in [3.63, 3.8) is 0 Å². The van der Waals surface area contributed by atoms with Crippen molar-refractivity contribution < 1.29 is 17.9 Å². The number of aromatic nitrogens is 2. The predicted octanol–water partition coefficient (Wildman–Crippen LogP) is 2.31. The first-order chi connectivity index (χ1) is 11.9. The van der Waals surface area contributed by atoms with Gasteiger partial charge in [-0.15, -0.1) is 0 Å². The highest BCUT2D eigenvalue weighted by atomic mass is 35.5. The third kappa shape index (κ3) is 3.61. The first-order valence-electron chi connectivity index (χ1n) is 7.99. The van der Waals surface area contributed by atoms with Crippen LogP contribution in [0.25, 0.3) is 0 Å². The summed E-state index contributed by atoms with van der Waals surface area (Å²) in [4.78, 5) is 3.95. The lowest BCUT2D eigenvalue weighted by Gasteiger charge is -2.30. The van der Waals surface area contributed by atoms with Crippen LogP contribution in [0.2, 0.25) is 5.15 Å². The van der Waals surface area contributed by atoms with Gasteiger partial charge in [-0.2, -0.15) is 4.31 Å². The molecule has 0 amide bonds. The van der Waals surface area contributed by atoms with Gasteiger partial charge in [-0.1, -0.05) is 30.7 Å². The van der Waals surface area contributed by atoms with Crippen molar-refractivity contribution in [2.75, 3.05) is 19.7 Å². The molecule has 1 atom stereocenters. The molecule has 9 heteroatoms. The second-order valence-electron chi connectivity index (χ2n) is 5.81. The summed E-state index contributed by atoms with van der Waals surface area (Å²) in [7, 11) is -2.17. The molecular formula is C16H20ClN3O4S. The molecule has 0 N–H and O–H groups in total. The fourth-order valence-corrected chi connectivity index (χ4v) is 4.58. The summed E-state index contributed by atoms with van der Waals surface area (Å²) in [5, 5.41) is -0.0468. The van der Waals surface area contributed by atoms with E-state index in [9.17, 15) is 8.42 Å². The molecule has 1 unspecified atom stereocenters. The number of halogens is 1. The highest BCUT2D eigenvalue weighted by Crippen LogP contribution is 2.31. The minimum absolute atomic E-state index is 0.0901. The number of fused-ring (bicyclic) bond motifs is 1. The van der Waals surface area contributed by atoms with Gasteiger partial charge >= 0.3 is 0 Å². The van der Waals surface area contributed by atoms with Crippen molar-refractivity contribution in [3.8, 4) is 11.5 Å². The Morgan fingerprint density at radius 3 is 2.72 bits per heavy atom. The van der Waals surface area contributed by atoms with Gasteiger partial charge in [0.15, 0.2) is 11.5 Å². The first kappa shape index (κ1) is 18.0. The van der Waals surface area contributed by atoms with E-state index in [0.29, 0.717) is 24.5 Å². The topological polar surface area (TPSA) is 73.7 Å². The van der Waals surface area contributed by atoms with Gasteiger partial charge in [-0.3, -0.25) is 0 Å². The van der Waals surface area contributed by atoms with Gasteiger partial charge in [0.25, 0.3) is 10.0 Å². The monoisotopic (exact) mass is 385 g/mol. The molecule has 0 aliphatic carbocycles. The van der Waals surface area contributed by atoms with Gasteiger partial charge in [0.1, 0.15) is 17.9 Å². The average molecular weight is 386 g/mol. The summed E-state index contributed by atoms with van der Waals surface area (Å²) in [6, 6.07) is 7.33. The second-order valence-corrected chi connectivity index (χ2v) is 8.02. The minimum Gasteiger partial charge on any atom is -0.486 e. The van der Waals surface area contributed by atoms with Crippen LogP contribution in [0.15, 0.2) is 35.6 Å². The normalized spacial score (nSPS) is 17.0. The Bertz CT molecular complexity index is 853. The zero-order valence-electron chi connectivity index (χ0n) is 14.1. The van der Waals surface area contributed by atoms with Crippen LogP contribution in [-0.4, -0.2) is 48.1 Å². The minimum atomic E-state index is -3.82. The Balaban J connectivity index is 1.81. The lowest BCUT2D eigenvalue weighted by atomic mass is 10.2. The molecule has 0 saturated heterocycles. The Kier molecular flexibility index (Phi) is 5.21. The van der Waals surface area contributed by atoms with Gasteiger partial charge < -0.3 is 14.0 Å². The van der Waals surface area contributed by atoms with Crippen molar-refractivity contribution in [1.29, 1.82) is 0 Å². The molecule has 2 heterocycles. The van der Waals surface area contributed by atoms with Crippen molar-refractivity contribution in [2.45, 2.75) is 24.5 Å². The number of hydrogen-bond donors (Lipinski definition) is 0. The third-order valence-corrected chi connectivity index (χ3v) is 6.22. The standard InChI is InChI=1S/C16H20ClN3O4S/c1-3-8-20(25(21,22)16-15(17)19(2)11-18-16)9-12-10-23-13-6-4-5-7-14(13)24-12/h4-7,11-12H,3,8-10H2,1-2H3. The summed E-state index contributed by atoms with van der Waals surface area (Å²) in [5.74, 6) is 1.28. The fourth-order valence-electron chi connectivity index (χ4n) is 2.63. The Labute approximate surface area is 152 Å². The van der Waals surface area contributed by atoms with Crippen LogP contribution in [0, 0.1) is 0 Å². The third-order valence-electron chi connectivity index (χ3n) is 3.87. The van der Waals surface area contributed by atoms with E-state index < -0.39 is 16.1 Å². The van der Waals surface area contributed by atoms with Crippen LogP contribution in [0.5, 0.6) is 11.5 Å². The van der Waals surface area contributed by atoms with Crippen molar-refractivity contribution >= 4 is 21.6 Å². The first-order valence-corrected chi connectivity index (χ1v) is 9.80. The molecule has 0 spiro atoms. The SMILES string of the molecule is CCCN(CC1COc2ccccc2O1)S(=O)(=O)c1ncn(C)c1Cl. The summed E-state index contributed by atoms with van der Waals surface area (Å²) >= 11 is 6.09. The lowest BCUT2D eigenvalue weighted by molar-refractivity contribution is 0.0763. The molecule has 0 radical (unpaired) electrons. The van der Waals surface area contributed by atoms with Crippen molar-refractivity contribution in [1.82, 2.24) is 13.9 Å². The number of aryl methyl sites for hydroxylation is 1. The van der Waals surface area contributed by atoms with E-state index in [1.54, 1.807) is 13.1 Å². The van der Waals surface area contributed by atoms with E-state index in [4.69, 9.17) is 21.1 Å². The number of sulfonamides is 1. The van der Waals surface area contributed by atoms with E-state index >= 15 is 0 Å². The summed E-state index contributed by atoms with van der Waals surface area (Å²) in [5.41, 5.74) is 0.